The molecule has 10 nitrogen and oxygen atoms in total. The first kappa shape index (κ1) is 29.2. The number of carboxylic acid groups (broad SMARTS) is 1. The van der Waals surface area contributed by atoms with E-state index in [4.69, 9.17) is 0 Å². The first-order valence-corrected chi connectivity index (χ1v) is 10.8. The van der Waals surface area contributed by atoms with E-state index in [1.54, 1.807) is 13.8 Å². The average molecular weight is 495 g/mol. The van der Waals surface area contributed by atoms with Gasteiger partial charge in [0.15, 0.2) is 0 Å². The highest BCUT2D eigenvalue weighted by Gasteiger charge is 2.44. The van der Waals surface area contributed by atoms with Crippen LogP contribution >= 0.6 is 0 Å². The monoisotopic (exact) mass is 494 g/mol. The number of likely N-dealkylation sites (tertiary alicyclic amines) is 1. The molecule has 0 aromatic carbocycles. The van der Waals surface area contributed by atoms with Gasteiger partial charge in [0, 0.05) is 20.1 Å². The summed E-state index contributed by atoms with van der Waals surface area (Å²) in [5, 5.41) is 11.6. The molecule has 2 atom stereocenters. The summed E-state index contributed by atoms with van der Waals surface area (Å²) in [6, 6.07) is -2.55. The van der Waals surface area contributed by atoms with Gasteiger partial charge in [-0.05, 0) is 32.6 Å². The number of carbonyl (C=O) groups excluding carboxylic acids is 3. The zero-order valence-electron chi connectivity index (χ0n) is 20.2. The van der Waals surface area contributed by atoms with Crippen molar-refractivity contribution in [2.24, 2.45) is 10.9 Å². The molecule has 13 heteroatoms. The van der Waals surface area contributed by atoms with E-state index >= 15 is 0 Å². The van der Waals surface area contributed by atoms with Crippen LogP contribution in [0.3, 0.4) is 0 Å². The lowest BCUT2D eigenvalue weighted by atomic mass is 9.97. The third-order valence-electron chi connectivity index (χ3n) is 5.39. The lowest BCUT2D eigenvalue weighted by Crippen LogP contribution is -2.58. The SMILES string of the molecule is CO/C(=N\C(C)(C)C(=O)N(C)C(C(=O)N[C@@H](CC(=O)O)C(=O)N1CCCC1)C(C)C)C(F)(F)F. The molecule has 1 saturated heterocycles. The number of likely N-dealkylation sites (N-methyl/N-ethyl adjacent to an activating group) is 1. The molecule has 2 N–H and O–H groups in total. The van der Waals surface area contributed by atoms with Crippen LogP contribution in [0.4, 0.5) is 13.2 Å². The Morgan fingerprint density at radius 2 is 1.68 bits per heavy atom. The number of hydrogen-bond donors (Lipinski definition) is 2. The number of aliphatic carboxylic acids is 1. The van der Waals surface area contributed by atoms with Gasteiger partial charge in [0.2, 0.25) is 17.7 Å². The van der Waals surface area contributed by atoms with Crippen LogP contribution in [0.15, 0.2) is 4.99 Å². The van der Waals surface area contributed by atoms with Gasteiger partial charge >= 0.3 is 12.1 Å². The first-order chi connectivity index (χ1) is 15.5. The Balaban J connectivity index is 3.17. The minimum absolute atomic E-state index is 0.448. The number of methoxy groups -OCH3 is 1. The van der Waals surface area contributed by atoms with Crippen LogP contribution in [-0.2, 0) is 23.9 Å². The smallest absolute Gasteiger partial charge is 0.468 e. The van der Waals surface area contributed by atoms with E-state index in [0.717, 1.165) is 38.7 Å². The molecule has 1 heterocycles. The van der Waals surface area contributed by atoms with Crippen molar-refractivity contribution in [3.05, 3.63) is 0 Å². The normalized spacial score (nSPS) is 16.8. The van der Waals surface area contributed by atoms with Gasteiger partial charge in [-0.25, -0.2) is 4.99 Å². The average Bonchev–Trinajstić information content (AvgIpc) is 3.23. The summed E-state index contributed by atoms with van der Waals surface area (Å²) < 4.78 is 43.4. The van der Waals surface area contributed by atoms with Crippen LogP contribution in [0.1, 0.15) is 47.0 Å². The van der Waals surface area contributed by atoms with Crippen molar-refractivity contribution >= 4 is 29.6 Å². The zero-order chi connectivity index (χ0) is 26.4. The molecule has 0 aliphatic carbocycles. The Bertz CT molecular complexity index is 807. The van der Waals surface area contributed by atoms with Crippen LogP contribution in [-0.4, -0.2) is 95.5 Å². The van der Waals surface area contributed by atoms with Crippen LogP contribution in [0.25, 0.3) is 0 Å². The van der Waals surface area contributed by atoms with E-state index in [0.29, 0.717) is 13.1 Å². The number of amides is 3. The summed E-state index contributed by atoms with van der Waals surface area (Å²) in [4.78, 5) is 56.0. The van der Waals surface area contributed by atoms with Gasteiger partial charge in [-0.2, -0.15) is 13.2 Å². The number of alkyl halides is 3. The Labute approximate surface area is 196 Å². The summed E-state index contributed by atoms with van der Waals surface area (Å²) in [6.45, 7) is 6.41. The van der Waals surface area contributed by atoms with Crippen molar-refractivity contribution in [3.8, 4) is 0 Å². The Morgan fingerprint density at radius 1 is 1.15 bits per heavy atom. The highest BCUT2D eigenvalue weighted by Crippen LogP contribution is 2.24. The molecule has 1 aliphatic rings. The van der Waals surface area contributed by atoms with Gasteiger partial charge < -0.3 is 25.0 Å². The van der Waals surface area contributed by atoms with Crippen molar-refractivity contribution in [1.82, 2.24) is 15.1 Å². The molecular weight excluding hydrogens is 461 g/mol. The van der Waals surface area contributed by atoms with Crippen molar-refractivity contribution in [3.63, 3.8) is 0 Å². The van der Waals surface area contributed by atoms with Crippen molar-refractivity contribution < 1.29 is 42.2 Å². The molecule has 1 fully saturated rings. The van der Waals surface area contributed by atoms with E-state index in [9.17, 15) is 37.5 Å². The molecule has 0 radical (unpaired) electrons. The standard InChI is InChI=1S/C21H33F3N4O6/c1-12(2)15(27(5)19(33)20(3,4)26-18(34-6)21(22,23)24)16(31)25-13(11-14(29)30)17(32)28-9-7-8-10-28/h12-13,15H,7-11H2,1-6H3,(H,25,31)(H,29,30)/b26-18-/t13-,15?/m0/s1. The lowest BCUT2D eigenvalue weighted by Gasteiger charge is -2.35. The molecule has 1 unspecified atom stereocenters. The third kappa shape index (κ3) is 7.59. The maximum Gasteiger partial charge on any atom is 0.468 e. The number of ether oxygens (including phenoxy) is 1. The van der Waals surface area contributed by atoms with Gasteiger partial charge in [-0.3, -0.25) is 19.2 Å². The maximum atomic E-state index is 13.1. The Morgan fingerprint density at radius 3 is 2.09 bits per heavy atom. The fourth-order valence-electron chi connectivity index (χ4n) is 3.80. The number of halogens is 3. The van der Waals surface area contributed by atoms with Gasteiger partial charge in [0.05, 0.1) is 13.5 Å². The molecule has 0 aromatic heterocycles. The van der Waals surface area contributed by atoms with E-state index in [-0.39, 0.29) is 0 Å². The zero-order valence-corrected chi connectivity index (χ0v) is 20.2. The minimum Gasteiger partial charge on any atom is -0.481 e. The number of nitrogens with one attached hydrogen (secondary N) is 1. The molecule has 1 aliphatic heterocycles. The summed E-state index contributed by atoms with van der Waals surface area (Å²) in [5.41, 5.74) is -1.94. The van der Waals surface area contributed by atoms with Gasteiger partial charge in [0.25, 0.3) is 5.90 Å². The fourth-order valence-corrected chi connectivity index (χ4v) is 3.80. The molecule has 0 bridgehead atoms. The van der Waals surface area contributed by atoms with Crippen molar-refractivity contribution in [2.75, 3.05) is 27.2 Å². The van der Waals surface area contributed by atoms with Crippen LogP contribution in [0, 0.1) is 5.92 Å². The van der Waals surface area contributed by atoms with Crippen LogP contribution in [0.5, 0.6) is 0 Å². The van der Waals surface area contributed by atoms with Gasteiger partial charge in [-0.1, -0.05) is 13.8 Å². The number of hydrogen-bond acceptors (Lipinski definition) is 6. The predicted octanol–water partition coefficient (Wildman–Crippen LogP) is 1.44. The number of carboxylic acids is 1. The Kier molecular flexibility index (Phi) is 9.88. The van der Waals surface area contributed by atoms with Crippen LogP contribution in [0.2, 0.25) is 0 Å². The molecule has 0 aromatic rings. The topological polar surface area (TPSA) is 129 Å². The van der Waals surface area contributed by atoms with Crippen molar-refractivity contribution in [1.29, 1.82) is 0 Å². The quantitative estimate of drug-likeness (QED) is 0.369. The molecular formula is C21H33F3N4O6. The van der Waals surface area contributed by atoms with Gasteiger partial charge in [0.1, 0.15) is 17.6 Å². The van der Waals surface area contributed by atoms with Crippen LogP contribution < -0.4 is 5.32 Å². The number of nitrogens with zero attached hydrogens (tertiary/aromatic N) is 3. The molecule has 0 spiro atoms. The highest BCUT2D eigenvalue weighted by molar-refractivity contribution is 5.96. The lowest BCUT2D eigenvalue weighted by molar-refractivity contribution is -0.147. The largest absolute Gasteiger partial charge is 0.481 e. The first-order valence-electron chi connectivity index (χ1n) is 10.8. The van der Waals surface area contributed by atoms with E-state index < -0.39 is 65.7 Å². The fraction of sp³-hybridized carbons (Fsp3) is 0.762. The minimum atomic E-state index is -4.92. The predicted molar refractivity (Wildman–Crippen MR) is 116 cm³/mol. The second kappa shape index (κ2) is 11.5. The van der Waals surface area contributed by atoms with Gasteiger partial charge in [-0.15, -0.1) is 0 Å². The second-order valence-electron chi connectivity index (χ2n) is 8.97. The Hall–Kier alpha value is -2.86. The van der Waals surface area contributed by atoms with E-state index in [1.807, 2.05) is 0 Å². The molecule has 1 rings (SSSR count). The summed E-state index contributed by atoms with van der Waals surface area (Å²) in [5.74, 6) is -5.65. The molecule has 0 saturated carbocycles. The maximum absolute atomic E-state index is 13.1. The number of aliphatic imine (C=N–C) groups is 1. The van der Waals surface area contributed by atoms with Crippen molar-refractivity contribution in [2.45, 2.75) is 70.8 Å². The van der Waals surface area contributed by atoms with E-state index in [1.165, 1.54) is 11.9 Å². The number of rotatable bonds is 9. The number of carbonyl (C=O) groups is 4. The molecule has 194 valence electrons. The summed E-state index contributed by atoms with van der Waals surface area (Å²) in [7, 11) is 2.01. The second-order valence-corrected chi connectivity index (χ2v) is 8.97. The highest BCUT2D eigenvalue weighted by atomic mass is 19.4. The summed E-state index contributed by atoms with van der Waals surface area (Å²) in [6.07, 6.45) is -4.04. The molecule has 3 amide bonds. The van der Waals surface area contributed by atoms with E-state index in [2.05, 4.69) is 15.0 Å². The molecule has 34 heavy (non-hydrogen) atoms. The third-order valence-corrected chi connectivity index (χ3v) is 5.39. The summed E-state index contributed by atoms with van der Waals surface area (Å²) >= 11 is 0.